The quantitative estimate of drug-likeness (QED) is 0.673. The molecule has 80 valence electrons. The molecule has 0 aromatic heterocycles. The van der Waals surface area contributed by atoms with Gasteiger partial charge in [0.25, 0.3) is 0 Å². The molecule has 0 heterocycles. The van der Waals surface area contributed by atoms with E-state index in [1.165, 1.54) is 16.7 Å². The van der Waals surface area contributed by atoms with E-state index in [0.717, 1.165) is 19.1 Å². The second-order valence-corrected chi connectivity index (χ2v) is 5.31. The minimum Gasteiger partial charge on any atom is -0.303 e. The molecule has 0 saturated heterocycles. The van der Waals surface area contributed by atoms with Gasteiger partial charge in [0.1, 0.15) is 6.29 Å². The Kier molecular flexibility index (Phi) is 2.41. The van der Waals surface area contributed by atoms with Crippen LogP contribution in [0.15, 0.2) is 18.2 Å². The van der Waals surface area contributed by atoms with Gasteiger partial charge in [-0.15, -0.1) is 0 Å². The van der Waals surface area contributed by atoms with Gasteiger partial charge in [-0.3, -0.25) is 0 Å². The Morgan fingerprint density at radius 1 is 1.27 bits per heavy atom. The predicted molar refractivity (Wildman–Crippen MR) is 62.1 cm³/mol. The van der Waals surface area contributed by atoms with Crippen molar-refractivity contribution in [2.24, 2.45) is 5.41 Å². The van der Waals surface area contributed by atoms with Gasteiger partial charge in [0.05, 0.1) is 0 Å². The van der Waals surface area contributed by atoms with Crippen molar-refractivity contribution < 1.29 is 4.79 Å². The van der Waals surface area contributed by atoms with Gasteiger partial charge in [-0.2, -0.15) is 0 Å². The summed E-state index contributed by atoms with van der Waals surface area (Å²) in [6, 6.07) is 6.66. The first-order chi connectivity index (χ1) is 7.04. The van der Waals surface area contributed by atoms with Gasteiger partial charge in [0.2, 0.25) is 0 Å². The van der Waals surface area contributed by atoms with Crippen LogP contribution in [0.1, 0.15) is 43.4 Å². The van der Waals surface area contributed by atoms with Gasteiger partial charge in [0.15, 0.2) is 0 Å². The summed E-state index contributed by atoms with van der Waals surface area (Å²) in [6.45, 7) is 6.46. The normalized spacial score (nSPS) is 24.3. The zero-order valence-electron chi connectivity index (χ0n) is 9.71. The Hall–Kier alpha value is -1.11. The molecule has 0 fully saturated rings. The van der Waals surface area contributed by atoms with Crippen LogP contribution < -0.4 is 0 Å². The third kappa shape index (κ3) is 1.83. The van der Waals surface area contributed by atoms with Crippen molar-refractivity contribution in [1.29, 1.82) is 0 Å². The van der Waals surface area contributed by atoms with Crippen molar-refractivity contribution >= 4 is 6.29 Å². The molecule has 1 aromatic rings. The number of rotatable bonds is 2. The summed E-state index contributed by atoms with van der Waals surface area (Å²) in [5, 5.41) is 0. The largest absolute Gasteiger partial charge is 0.303 e. The second-order valence-electron chi connectivity index (χ2n) is 5.31. The Morgan fingerprint density at radius 2 is 1.93 bits per heavy atom. The van der Waals surface area contributed by atoms with E-state index in [2.05, 4.69) is 39.0 Å². The van der Waals surface area contributed by atoms with Crippen LogP contribution in [0.4, 0.5) is 0 Å². The summed E-state index contributed by atoms with van der Waals surface area (Å²) in [7, 11) is 0. The standard InChI is InChI=1S/C14H18O/c1-10(2)11-4-5-12-7-14(3,9-15)8-13(12)6-11/h4-6,9-10H,7-8H2,1-3H3/t14-/m1/s1. The first kappa shape index (κ1) is 10.4. The average molecular weight is 202 g/mol. The first-order valence-electron chi connectivity index (χ1n) is 5.62. The highest BCUT2D eigenvalue weighted by Gasteiger charge is 2.32. The summed E-state index contributed by atoms with van der Waals surface area (Å²) >= 11 is 0. The number of benzene rings is 1. The Morgan fingerprint density at radius 3 is 2.53 bits per heavy atom. The Labute approximate surface area is 91.5 Å². The average Bonchev–Trinajstić information content (AvgIpc) is 2.53. The molecule has 1 aliphatic carbocycles. The fourth-order valence-corrected chi connectivity index (χ4v) is 2.36. The molecule has 0 amide bonds. The number of aldehydes is 1. The molecule has 0 aliphatic heterocycles. The number of carbonyl (C=O) groups excluding carboxylic acids is 1. The highest BCUT2D eigenvalue weighted by Crippen LogP contribution is 2.36. The third-order valence-corrected chi connectivity index (χ3v) is 3.37. The van der Waals surface area contributed by atoms with Gasteiger partial charge in [-0.25, -0.2) is 0 Å². The topological polar surface area (TPSA) is 17.1 Å². The highest BCUT2D eigenvalue weighted by atomic mass is 16.1. The van der Waals surface area contributed by atoms with Crippen LogP contribution in [0.3, 0.4) is 0 Å². The third-order valence-electron chi connectivity index (χ3n) is 3.37. The lowest BCUT2D eigenvalue weighted by atomic mass is 9.89. The lowest BCUT2D eigenvalue weighted by Gasteiger charge is -2.12. The number of hydrogen-bond acceptors (Lipinski definition) is 1. The maximum atomic E-state index is 11.0. The van der Waals surface area contributed by atoms with Crippen LogP contribution in [0, 0.1) is 5.41 Å². The van der Waals surface area contributed by atoms with E-state index < -0.39 is 0 Å². The Bertz CT molecular complexity index is 392. The zero-order valence-corrected chi connectivity index (χ0v) is 9.71. The minimum atomic E-state index is -0.155. The molecule has 0 spiro atoms. The minimum absolute atomic E-state index is 0.155. The molecule has 0 radical (unpaired) electrons. The van der Waals surface area contributed by atoms with E-state index in [0.29, 0.717) is 5.92 Å². The van der Waals surface area contributed by atoms with E-state index in [1.54, 1.807) is 0 Å². The van der Waals surface area contributed by atoms with Crippen LogP contribution in [0.5, 0.6) is 0 Å². The number of fused-ring (bicyclic) bond motifs is 1. The maximum absolute atomic E-state index is 11.0. The van der Waals surface area contributed by atoms with Crippen LogP contribution in [0.2, 0.25) is 0 Å². The monoisotopic (exact) mass is 202 g/mol. The van der Waals surface area contributed by atoms with Crippen molar-refractivity contribution in [3.05, 3.63) is 34.9 Å². The molecule has 0 bridgehead atoms. The molecule has 0 N–H and O–H groups in total. The van der Waals surface area contributed by atoms with Crippen LogP contribution in [0.25, 0.3) is 0 Å². The SMILES string of the molecule is CC(C)c1ccc2c(c1)C[C@](C)(C=O)C2. The smallest absolute Gasteiger partial charge is 0.126 e. The van der Waals surface area contributed by atoms with E-state index >= 15 is 0 Å². The molecular formula is C14H18O. The number of carbonyl (C=O) groups is 1. The van der Waals surface area contributed by atoms with E-state index in [4.69, 9.17) is 0 Å². The fourth-order valence-electron chi connectivity index (χ4n) is 2.36. The Balaban J connectivity index is 2.35. The van der Waals surface area contributed by atoms with E-state index in [9.17, 15) is 4.79 Å². The molecule has 1 heteroatoms. The van der Waals surface area contributed by atoms with Gasteiger partial charge in [0, 0.05) is 5.41 Å². The highest BCUT2D eigenvalue weighted by molar-refractivity contribution is 5.63. The maximum Gasteiger partial charge on any atom is 0.126 e. The van der Waals surface area contributed by atoms with Crippen molar-refractivity contribution in [2.45, 2.75) is 39.5 Å². The molecule has 0 saturated carbocycles. The summed E-state index contributed by atoms with van der Waals surface area (Å²) < 4.78 is 0. The van der Waals surface area contributed by atoms with Crippen molar-refractivity contribution in [3.63, 3.8) is 0 Å². The zero-order chi connectivity index (χ0) is 11.1. The molecular weight excluding hydrogens is 184 g/mol. The molecule has 1 atom stereocenters. The van der Waals surface area contributed by atoms with Crippen molar-refractivity contribution in [2.75, 3.05) is 0 Å². The number of hydrogen-bond donors (Lipinski definition) is 0. The molecule has 15 heavy (non-hydrogen) atoms. The molecule has 2 rings (SSSR count). The second kappa shape index (κ2) is 3.48. The molecule has 1 nitrogen and oxygen atoms in total. The predicted octanol–water partition coefficient (Wildman–Crippen LogP) is 3.11. The fraction of sp³-hybridized carbons (Fsp3) is 0.500. The lowest BCUT2D eigenvalue weighted by molar-refractivity contribution is -0.115. The van der Waals surface area contributed by atoms with Crippen LogP contribution >= 0.6 is 0 Å². The van der Waals surface area contributed by atoms with E-state index in [-0.39, 0.29) is 5.41 Å². The summed E-state index contributed by atoms with van der Waals surface area (Å²) in [4.78, 5) is 11.0. The van der Waals surface area contributed by atoms with Gasteiger partial charge >= 0.3 is 0 Å². The molecule has 0 unspecified atom stereocenters. The molecule has 1 aromatic carbocycles. The van der Waals surface area contributed by atoms with Crippen molar-refractivity contribution in [3.8, 4) is 0 Å². The summed E-state index contributed by atoms with van der Waals surface area (Å²) in [6.07, 6.45) is 2.93. The summed E-state index contributed by atoms with van der Waals surface area (Å²) in [5.74, 6) is 0.568. The van der Waals surface area contributed by atoms with Gasteiger partial charge < -0.3 is 4.79 Å². The lowest BCUT2D eigenvalue weighted by Crippen LogP contribution is -2.17. The summed E-state index contributed by atoms with van der Waals surface area (Å²) in [5.41, 5.74) is 3.95. The van der Waals surface area contributed by atoms with Crippen LogP contribution in [-0.2, 0) is 17.6 Å². The molecule has 1 aliphatic rings. The van der Waals surface area contributed by atoms with Gasteiger partial charge in [-0.05, 0) is 35.4 Å². The first-order valence-corrected chi connectivity index (χ1v) is 5.62. The van der Waals surface area contributed by atoms with Crippen molar-refractivity contribution in [1.82, 2.24) is 0 Å². The van der Waals surface area contributed by atoms with E-state index in [1.807, 2.05) is 0 Å². The van der Waals surface area contributed by atoms with Crippen LogP contribution in [-0.4, -0.2) is 6.29 Å². The van der Waals surface area contributed by atoms with Gasteiger partial charge in [-0.1, -0.05) is 39.0 Å².